The monoisotopic (exact) mass is 268 g/mol. The SMILES string of the molecule is Cc1ccc(C(=O)N2Cc3cnc(N)nc3C2)cc1C. The second kappa shape index (κ2) is 4.59. The molecular formula is C15H16N4O. The van der Waals surface area contributed by atoms with Crippen molar-refractivity contribution in [2.75, 3.05) is 5.73 Å². The zero-order chi connectivity index (χ0) is 14.3. The minimum absolute atomic E-state index is 0.0182. The highest BCUT2D eigenvalue weighted by molar-refractivity contribution is 5.94. The number of nitrogens with zero attached hydrogens (tertiary/aromatic N) is 3. The van der Waals surface area contributed by atoms with E-state index >= 15 is 0 Å². The second-order valence-corrected chi connectivity index (χ2v) is 5.16. The summed E-state index contributed by atoms with van der Waals surface area (Å²) in [5, 5.41) is 0. The van der Waals surface area contributed by atoms with Gasteiger partial charge in [-0.1, -0.05) is 6.07 Å². The van der Waals surface area contributed by atoms with E-state index in [0.29, 0.717) is 18.7 Å². The summed E-state index contributed by atoms with van der Waals surface area (Å²) in [4.78, 5) is 22.4. The van der Waals surface area contributed by atoms with E-state index in [4.69, 9.17) is 5.73 Å². The summed E-state index contributed by atoms with van der Waals surface area (Å²) in [6, 6.07) is 5.78. The van der Waals surface area contributed by atoms with Crippen molar-refractivity contribution < 1.29 is 4.79 Å². The van der Waals surface area contributed by atoms with Crippen molar-refractivity contribution >= 4 is 11.9 Å². The fraction of sp³-hybridized carbons (Fsp3) is 0.267. The average Bonchev–Trinajstić information content (AvgIpc) is 2.84. The number of hydrogen-bond donors (Lipinski definition) is 1. The highest BCUT2D eigenvalue weighted by Gasteiger charge is 2.26. The Morgan fingerprint density at radius 2 is 2.05 bits per heavy atom. The molecule has 0 saturated heterocycles. The first-order chi connectivity index (χ1) is 9.54. The molecule has 0 aliphatic carbocycles. The highest BCUT2D eigenvalue weighted by Crippen LogP contribution is 2.23. The molecule has 102 valence electrons. The van der Waals surface area contributed by atoms with Crippen LogP contribution in [0.15, 0.2) is 24.4 Å². The van der Waals surface area contributed by atoms with Crippen molar-refractivity contribution in [1.29, 1.82) is 0 Å². The summed E-state index contributed by atoms with van der Waals surface area (Å²) in [6.45, 7) is 5.08. The summed E-state index contributed by atoms with van der Waals surface area (Å²) in [5.41, 5.74) is 10.4. The first-order valence-corrected chi connectivity index (χ1v) is 6.51. The van der Waals surface area contributed by atoms with Gasteiger partial charge in [0.05, 0.1) is 12.2 Å². The van der Waals surface area contributed by atoms with Crippen LogP contribution in [-0.4, -0.2) is 20.8 Å². The van der Waals surface area contributed by atoms with Gasteiger partial charge in [0.1, 0.15) is 0 Å². The number of nitrogen functional groups attached to an aromatic ring is 1. The molecule has 2 heterocycles. The Kier molecular flexibility index (Phi) is 2.89. The molecule has 0 unspecified atom stereocenters. The van der Waals surface area contributed by atoms with Crippen molar-refractivity contribution in [3.05, 3.63) is 52.3 Å². The molecule has 0 atom stereocenters. The lowest BCUT2D eigenvalue weighted by Gasteiger charge is -2.15. The first kappa shape index (κ1) is 12.6. The fourth-order valence-electron chi connectivity index (χ4n) is 2.37. The topological polar surface area (TPSA) is 72.1 Å². The lowest BCUT2D eigenvalue weighted by atomic mass is 10.1. The van der Waals surface area contributed by atoms with Crippen LogP contribution in [0, 0.1) is 13.8 Å². The van der Waals surface area contributed by atoms with Crippen molar-refractivity contribution in [3.8, 4) is 0 Å². The standard InChI is InChI=1S/C15H16N4O/c1-9-3-4-11(5-10(9)2)14(20)19-7-12-6-17-15(16)18-13(12)8-19/h3-6H,7-8H2,1-2H3,(H2,16,17,18). The number of anilines is 1. The van der Waals surface area contributed by atoms with E-state index in [-0.39, 0.29) is 11.9 Å². The first-order valence-electron chi connectivity index (χ1n) is 6.51. The van der Waals surface area contributed by atoms with E-state index < -0.39 is 0 Å². The van der Waals surface area contributed by atoms with Crippen LogP contribution >= 0.6 is 0 Å². The van der Waals surface area contributed by atoms with E-state index in [0.717, 1.165) is 16.8 Å². The summed E-state index contributed by atoms with van der Waals surface area (Å²) in [7, 11) is 0. The summed E-state index contributed by atoms with van der Waals surface area (Å²) in [6.07, 6.45) is 1.70. The molecule has 5 heteroatoms. The molecule has 1 aromatic carbocycles. The molecule has 0 radical (unpaired) electrons. The maximum Gasteiger partial charge on any atom is 0.254 e. The molecule has 5 nitrogen and oxygen atoms in total. The lowest BCUT2D eigenvalue weighted by Crippen LogP contribution is -2.25. The Labute approximate surface area is 117 Å². The van der Waals surface area contributed by atoms with Gasteiger partial charge >= 0.3 is 0 Å². The number of nitrogens with two attached hydrogens (primary N) is 1. The van der Waals surface area contributed by atoms with E-state index in [1.807, 2.05) is 32.0 Å². The molecule has 0 fully saturated rings. The molecule has 0 bridgehead atoms. The molecular weight excluding hydrogens is 252 g/mol. The Morgan fingerprint density at radius 1 is 1.25 bits per heavy atom. The number of amides is 1. The fourth-order valence-corrected chi connectivity index (χ4v) is 2.37. The molecule has 0 saturated carbocycles. The van der Waals surface area contributed by atoms with Crippen LogP contribution < -0.4 is 5.73 Å². The molecule has 2 N–H and O–H groups in total. The smallest absolute Gasteiger partial charge is 0.254 e. The van der Waals surface area contributed by atoms with Gasteiger partial charge in [-0.05, 0) is 37.1 Å². The predicted octanol–water partition coefficient (Wildman–Crippen LogP) is 1.83. The summed E-state index contributed by atoms with van der Waals surface area (Å²) < 4.78 is 0. The molecule has 1 aliphatic rings. The zero-order valence-electron chi connectivity index (χ0n) is 11.6. The van der Waals surface area contributed by atoms with Crippen LogP contribution in [0.2, 0.25) is 0 Å². The van der Waals surface area contributed by atoms with Gasteiger partial charge in [0.15, 0.2) is 0 Å². The summed E-state index contributed by atoms with van der Waals surface area (Å²) in [5.74, 6) is 0.272. The lowest BCUT2D eigenvalue weighted by molar-refractivity contribution is 0.0750. The number of benzene rings is 1. The minimum Gasteiger partial charge on any atom is -0.368 e. The third-order valence-electron chi connectivity index (χ3n) is 3.72. The molecule has 3 rings (SSSR count). The van der Waals surface area contributed by atoms with Crippen LogP contribution in [0.1, 0.15) is 32.7 Å². The van der Waals surface area contributed by atoms with Crippen molar-refractivity contribution in [1.82, 2.24) is 14.9 Å². The number of hydrogen-bond acceptors (Lipinski definition) is 4. The number of aryl methyl sites for hydroxylation is 2. The predicted molar refractivity (Wildman–Crippen MR) is 75.9 cm³/mol. The summed E-state index contributed by atoms with van der Waals surface area (Å²) >= 11 is 0. The molecule has 2 aromatic rings. The maximum absolute atomic E-state index is 12.5. The van der Waals surface area contributed by atoms with E-state index in [1.54, 1.807) is 11.1 Å². The Bertz CT molecular complexity index is 696. The van der Waals surface area contributed by atoms with Crippen LogP contribution in [0.5, 0.6) is 0 Å². The number of rotatable bonds is 1. The van der Waals surface area contributed by atoms with Gasteiger partial charge in [-0.25, -0.2) is 9.97 Å². The van der Waals surface area contributed by atoms with Gasteiger partial charge in [0.25, 0.3) is 5.91 Å². The maximum atomic E-state index is 12.5. The number of carbonyl (C=O) groups is 1. The van der Waals surface area contributed by atoms with E-state index in [2.05, 4.69) is 9.97 Å². The quantitative estimate of drug-likeness (QED) is 0.856. The molecule has 1 amide bonds. The Balaban J connectivity index is 1.85. The number of aromatic nitrogens is 2. The second-order valence-electron chi connectivity index (χ2n) is 5.16. The molecule has 0 spiro atoms. The van der Waals surface area contributed by atoms with Crippen molar-refractivity contribution in [3.63, 3.8) is 0 Å². The van der Waals surface area contributed by atoms with Crippen LogP contribution in [0.25, 0.3) is 0 Å². The van der Waals surface area contributed by atoms with Gasteiger partial charge < -0.3 is 10.6 Å². The average molecular weight is 268 g/mol. The molecule has 1 aromatic heterocycles. The third-order valence-corrected chi connectivity index (χ3v) is 3.72. The van der Waals surface area contributed by atoms with Crippen LogP contribution in [0.3, 0.4) is 0 Å². The Morgan fingerprint density at radius 3 is 2.80 bits per heavy atom. The van der Waals surface area contributed by atoms with Gasteiger partial charge in [-0.15, -0.1) is 0 Å². The minimum atomic E-state index is 0.0182. The van der Waals surface area contributed by atoms with Gasteiger partial charge in [-0.2, -0.15) is 0 Å². The van der Waals surface area contributed by atoms with Gasteiger partial charge in [0.2, 0.25) is 5.95 Å². The normalized spacial score (nSPS) is 13.4. The Hall–Kier alpha value is -2.43. The molecule has 1 aliphatic heterocycles. The van der Waals surface area contributed by atoms with Crippen LogP contribution in [-0.2, 0) is 13.1 Å². The van der Waals surface area contributed by atoms with Gasteiger partial charge in [-0.3, -0.25) is 4.79 Å². The zero-order valence-corrected chi connectivity index (χ0v) is 11.6. The van der Waals surface area contributed by atoms with Crippen molar-refractivity contribution in [2.45, 2.75) is 26.9 Å². The number of carbonyl (C=O) groups excluding carboxylic acids is 1. The largest absolute Gasteiger partial charge is 0.368 e. The van der Waals surface area contributed by atoms with E-state index in [1.165, 1.54) is 5.56 Å². The molecule has 20 heavy (non-hydrogen) atoms. The highest BCUT2D eigenvalue weighted by atomic mass is 16.2. The number of fused-ring (bicyclic) bond motifs is 1. The van der Waals surface area contributed by atoms with Gasteiger partial charge in [0, 0.05) is 23.9 Å². The van der Waals surface area contributed by atoms with Crippen LogP contribution in [0.4, 0.5) is 5.95 Å². The third kappa shape index (κ3) is 2.11. The van der Waals surface area contributed by atoms with E-state index in [9.17, 15) is 4.79 Å². The van der Waals surface area contributed by atoms with Crippen molar-refractivity contribution in [2.24, 2.45) is 0 Å².